The van der Waals surface area contributed by atoms with E-state index in [2.05, 4.69) is 9.97 Å². The van der Waals surface area contributed by atoms with Gasteiger partial charge in [0.05, 0.1) is 0 Å². The Morgan fingerprint density at radius 3 is 1.75 bits per heavy atom. The van der Waals surface area contributed by atoms with Gasteiger partial charge in [0.1, 0.15) is 10.1 Å². The fourth-order valence-corrected chi connectivity index (χ4v) is 2.07. The molecule has 0 amide bonds. The predicted molar refractivity (Wildman–Crippen MR) is 57.4 cm³/mol. The van der Waals surface area contributed by atoms with Crippen molar-refractivity contribution in [3.63, 3.8) is 0 Å². The summed E-state index contributed by atoms with van der Waals surface area (Å²) >= 11 is 4.88. The highest BCUT2D eigenvalue weighted by molar-refractivity contribution is 7.99. The van der Waals surface area contributed by atoms with Crippen molar-refractivity contribution >= 4 is 35.3 Å². The van der Waals surface area contributed by atoms with E-state index < -0.39 is 0 Å². The third kappa shape index (κ3) is 2.57. The van der Waals surface area contributed by atoms with Gasteiger partial charge in [0.15, 0.2) is 5.16 Å². The first-order valence-corrected chi connectivity index (χ1v) is 6.98. The summed E-state index contributed by atoms with van der Waals surface area (Å²) in [4.78, 5) is 8.64. The Hall–Kier alpha value is 0.130. The van der Waals surface area contributed by atoms with Gasteiger partial charge in [0.25, 0.3) is 0 Å². The molecule has 0 aliphatic rings. The molecule has 0 aliphatic carbocycles. The predicted octanol–water partition coefficient (Wildman–Crippen LogP) is 2.64. The summed E-state index contributed by atoms with van der Waals surface area (Å²) in [6.07, 6.45) is 6.04. The lowest BCUT2D eigenvalue weighted by molar-refractivity contribution is 0.832. The summed E-state index contributed by atoms with van der Waals surface area (Å²) in [7, 11) is 0. The van der Waals surface area contributed by atoms with Crippen LogP contribution in [0.15, 0.2) is 21.3 Å². The van der Waals surface area contributed by atoms with Gasteiger partial charge in [0.2, 0.25) is 0 Å². The number of hydrogen-bond donors (Lipinski definition) is 0. The van der Waals surface area contributed by atoms with Crippen LogP contribution in [-0.4, -0.2) is 28.7 Å². The second-order valence-corrected chi connectivity index (χ2v) is 4.37. The van der Waals surface area contributed by atoms with E-state index in [1.165, 1.54) is 0 Å². The van der Waals surface area contributed by atoms with Crippen molar-refractivity contribution in [2.75, 3.05) is 18.8 Å². The van der Waals surface area contributed by atoms with Gasteiger partial charge in [-0.2, -0.15) is 0 Å². The van der Waals surface area contributed by atoms with E-state index >= 15 is 0 Å². The van der Waals surface area contributed by atoms with Gasteiger partial charge in [-0.15, -0.1) is 23.5 Å². The minimum absolute atomic E-state index is 0.853. The third-order valence-corrected chi connectivity index (χ3v) is 3.06. The maximum absolute atomic E-state index is 4.32. The van der Waals surface area contributed by atoms with Crippen molar-refractivity contribution in [1.29, 1.82) is 0 Å². The summed E-state index contributed by atoms with van der Waals surface area (Å²) in [5, 5.41) is 2.93. The summed E-state index contributed by atoms with van der Waals surface area (Å²) < 4.78 is 0. The van der Waals surface area contributed by atoms with Crippen molar-refractivity contribution < 1.29 is 0 Å². The minimum Gasteiger partial charge on any atom is -0.216 e. The minimum atomic E-state index is 0.853. The summed E-state index contributed by atoms with van der Waals surface area (Å²) in [6.45, 7) is 0. The molecule has 0 aromatic carbocycles. The molecule has 1 rings (SSSR count). The zero-order valence-electron chi connectivity index (χ0n) is 7.20. The Bertz CT molecular complexity index is 210. The van der Waals surface area contributed by atoms with Crippen LogP contribution in [0.4, 0.5) is 0 Å². The Morgan fingerprint density at radius 2 is 1.42 bits per heavy atom. The second-order valence-electron chi connectivity index (χ2n) is 1.94. The molecule has 0 radical (unpaired) electrons. The molecule has 1 aromatic heterocycles. The Kier molecular flexibility index (Phi) is 4.25. The standard InChI is InChI=1S/C7H10N2S3/c1-10-5-4-6(11-2)9-7(8-5)12-3/h4H,1-3H3. The van der Waals surface area contributed by atoms with Crippen LogP contribution in [0.2, 0.25) is 0 Å². The molecule has 0 atom stereocenters. The van der Waals surface area contributed by atoms with Crippen molar-refractivity contribution in [3.8, 4) is 0 Å². The van der Waals surface area contributed by atoms with E-state index in [4.69, 9.17) is 0 Å². The van der Waals surface area contributed by atoms with Gasteiger partial charge in [-0.3, -0.25) is 0 Å². The zero-order chi connectivity index (χ0) is 8.97. The average molecular weight is 218 g/mol. The highest BCUT2D eigenvalue weighted by Crippen LogP contribution is 2.21. The normalized spacial score (nSPS) is 10.2. The van der Waals surface area contributed by atoms with E-state index in [0.717, 1.165) is 15.2 Å². The van der Waals surface area contributed by atoms with E-state index in [9.17, 15) is 0 Å². The quantitative estimate of drug-likeness (QED) is 0.441. The van der Waals surface area contributed by atoms with Crippen molar-refractivity contribution in [1.82, 2.24) is 9.97 Å². The van der Waals surface area contributed by atoms with E-state index in [0.29, 0.717) is 0 Å². The molecule has 0 unspecified atom stereocenters. The van der Waals surface area contributed by atoms with Crippen molar-refractivity contribution in [2.24, 2.45) is 0 Å². The molecule has 5 heteroatoms. The largest absolute Gasteiger partial charge is 0.216 e. The van der Waals surface area contributed by atoms with Crippen LogP contribution in [0.1, 0.15) is 0 Å². The first-order valence-electron chi connectivity index (χ1n) is 3.31. The lowest BCUT2D eigenvalue weighted by Crippen LogP contribution is -1.89. The number of aromatic nitrogens is 2. The molecular formula is C7H10N2S3. The number of hydrogen-bond acceptors (Lipinski definition) is 5. The lowest BCUT2D eigenvalue weighted by atomic mass is 10.7. The molecule has 0 spiro atoms. The molecule has 0 saturated heterocycles. The fourth-order valence-electron chi connectivity index (χ4n) is 0.684. The maximum Gasteiger partial charge on any atom is 0.189 e. The molecule has 0 aliphatic heterocycles. The van der Waals surface area contributed by atoms with Crippen molar-refractivity contribution in [2.45, 2.75) is 15.2 Å². The Balaban J connectivity index is 3.01. The molecule has 2 nitrogen and oxygen atoms in total. The highest BCUT2D eigenvalue weighted by atomic mass is 32.2. The lowest BCUT2D eigenvalue weighted by Gasteiger charge is -2.01. The molecule has 1 aromatic rings. The highest BCUT2D eigenvalue weighted by Gasteiger charge is 2.01. The number of rotatable bonds is 3. The molecule has 0 saturated carbocycles. The first-order chi connectivity index (χ1) is 5.80. The summed E-state index contributed by atoms with van der Waals surface area (Å²) in [5.74, 6) is 0. The molecular weight excluding hydrogens is 208 g/mol. The topological polar surface area (TPSA) is 25.8 Å². The van der Waals surface area contributed by atoms with Gasteiger partial charge >= 0.3 is 0 Å². The third-order valence-electron chi connectivity index (χ3n) is 1.26. The monoisotopic (exact) mass is 218 g/mol. The average Bonchev–Trinajstić information content (AvgIpc) is 2.16. The fraction of sp³-hybridized carbons (Fsp3) is 0.429. The number of thioether (sulfide) groups is 3. The van der Waals surface area contributed by atoms with Crippen LogP contribution in [-0.2, 0) is 0 Å². The van der Waals surface area contributed by atoms with Crippen LogP contribution in [0.25, 0.3) is 0 Å². The van der Waals surface area contributed by atoms with Gasteiger partial charge in [-0.05, 0) is 18.8 Å². The van der Waals surface area contributed by atoms with Gasteiger partial charge in [-0.25, -0.2) is 9.97 Å². The molecule has 1 heterocycles. The molecule has 0 bridgehead atoms. The smallest absolute Gasteiger partial charge is 0.189 e. The first kappa shape index (κ1) is 10.2. The SMILES string of the molecule is CSc1cc(SC)nc(SC)n1. The summed E-state index contributed by atoms with van der Waals surface area (Å²) in [6, 6.07) is 2.01. The maximum atomic E-state index is 4.32. The molecule has 0 N–H and O–H groups in total. The van der Waals surface area contributed by atoms with E-state index in [-0.39, 0.29) is 0 Å². The van der Waals surface area contributed by atoms with Crippen LogP contribution in [0.3, 0.4) is 0 Å². The van der Waals surface area contributed by atoms with Gasteiger partial charge in [0, 0.05) is 6.07 Å². The Labute approximate surface area is 85.3 Å². The molecule has 66 valence electrons. The molecule has 12 heavy (non-hydrogen) atoms. The molecule has 0 fully saturated rings. The second kappa shape index (κ2) is 4.99. The van der Waals surface area contributed by atoms with Gasteiger partial charge in [-0.1, -0.05) is 11.8 Å². The summed E-state index contributed by atoms with van der Waals surface area (Å²) in [5.41, 5.74) is 0. The van der Waals surface area contributed by atoms with E-state index in [1.54, 1.807) is 35.3 Å². The van der Waals surface area contributed by atoms with E-state index in [1.807, 2.05) is 24.8 Å². The van der Waals surface area contributed by atoms with Crippen molar-refractivity contribution in [3.05, 3.63) is 6.07 Å². The van der Waals surface area contributed by atoms with Crippen LogP contribution >= 0.6 is 35.3 Å². The van der Waals surface area contributed by atoms with Crippen LogP contribution in [0, 0.1) is 0 Å². The van der Waals surface area contributed by atoms with Gasteiger partial charge < -0.3 is 0 Å². The zero-order valence-corrected chi connectivity index (χ0v) is 9.65. The van der Waals surface area contributed by atoms with Crippen LogP contribution < -0.4 is 0 Å². The Morgan fingerprint density at radius 1 is 0.917 bits per heavy atom. The number of nitrogens with zero attached hydrogens (tertiary/aromatic N) is 2. The van der Waals surface area contributed by atoms with Crippen LogP contribution in [0.5, 0.6) is 0 Å².